The summed E-state index contributed by atoms with van der Waals surface area (Å²) in [5.41, 5.74) is 0. The molecule has 2 aromatic rings. The van der Waals surface area contributed by atoms with Crippen molar-refractivity contribution in [3.05, 3.63) is 39.5 Å². The van der Waals surface area contributed by atoms with Crippen LogP contribution in [0.25, 0.3) is 0 Å². The largest absolute Gasteiger partial charge is 0.465 e. The van der Waals surface area contributed by atoms with E-state index in [1.54, 1.807) is 0 Å². The van der Waals surface area contributed by atoms with Crippen LogP contribution in [0.2, 0.25) is 0 Å². The Morgan fingerprint density at radius 3 is 1.84 bits per heavy atom. The molecule has 0 aromatic carbocycles. The number of halogens is 3. The van der Waals surface area contributed by atoms with Crippen molar-refractivity contribution >= 4 is 82.4 Å². The molecule has 0 N–H and O–H groups in total. The Balaban J connectivity index is 0.000000186. The van der Waals surface area contributed by atoms with Crippen molar-refractivity contribution in [3.63, 3.8) is 0 Å². The first kappa shape index (κ1) is 26.2. The zero-order valence-corrected chi connectivity index (χ0v) is 23.2. The molecule has 2 aliphatic rings. The van der Waals surface area contributed by atoms with Gasteiger partial charge in [0.2, 0.25) is 0 Å². The zero-order chi connectivity index (χ0) is 23.0. The van der Waals surface area contributed by atoms with Gasteiger partial charge >= 0.3 is 11.9 Å². The molecule has 164 valence electrons. The number of thiophene rings is 2. The number of carbonyl (C=O) groups is 2. The molecule has 0 aliphatic heterocycles. The molecule has 2 aromatic heterocycles. The Morgan fingerprint density at radius 2 is 1.45 bits per heavy atom. The van der Waals surface area contributed by atoms with Crippen LogP contribution in [-0.4, -0.2) is 26.2 Å². The molecule has 0 saturated heterocycles. The predicted octanol–water partition coefficient (Wildman–Crippen LogP) is 7.15. The summed E-state index contributed by atoms with van der Waals surface area (Å²) in [4.78, 5) is 24.4. The van der Waals surface area contributed by atoms with Gasteiger partial charge in [0, 0.05) is 20.8 Å². The SMILES string of the molecule is C#CC1CC1.COC(=O)c1sc(Br)cc1Br.COC(=O)c1sc(C#CC2CC2)cc1Br. The average Bonchev–Trinajstić information content (AvgIpc) is 3.68. The van der Waals surface area contributed by atoms with Gasteiger partial charge in [-0.2, -0.15) is 0 Å². The van der Waals surface area contributed by atoms with E-state index in [0.29, 0.717) is 21.6 Å². The van der Waals surface area contributed by atoms with Crippen LogP contribution in [0.3, 0.4) is 0 Å². The first-order valence-corrected chi connectivity index (χ1v) is 13.2. The third-order valence-corrected chi connectivity index (χ3v) is 8.30. The van der Waals surface area contributed by atoms with Crippen molar-refractivity contribution < 1.29 is 19.1 Å². The van der Waals surface area contributed by atoms with Crippen molar-refractivity contribution in [2.24, 2.45) is 11.8 Å². The van der Waals surface area contributed by atoms with Crippen LogP contribution in [0.1, 0.15) is 49.9 Å². The lowest BCUT2D eigenvalue weighted by Gasteiger charge is -1.93. The Morgan fingerprint density at radius 1 is 0.935 bits per heavy atom. The van der Waals surface area contributed by atoms with E-state index in [-0.39, 0.29) is 11.9 Å². The molecule has 2 fully saturated rings. The normalized spacial score (nSPS) is 13.8. The highest BCUT2D eigenvalue weighted by atomic mass is 79.9. The number of hydrogen-bond donors (Lipinski definition) is 0. The topological polar surface area (TPSA) is 52.6 Å². The maximum Gasteiger partial charge on any atom is 0.349 e. The van der Waals surface area contributed by atoms with Crippen LogP contribution < -0.4 is 0 Å². The molecule has 0 unspecified atom stereocenters. The van der Waals surface area contributed by atoms with Crippen LogP contribution in [0, 0.1) is 36.0 Å². The Hall–Kier alpha value is -1.10. The fourth-order valence-corrected chi connectivity index (χ4v) is 6.00. The first-order chi connectivity index (χ1) is 14.8. The van der Waals surface area contributed by atoms with Crippen LogP contribution in [0.4, 0.5) is 0 Å². The minimum absolute atomic E-state index is 0.312. The van der Waals surface area contributed by atoms with Gasteiger partial charge in [-0.1, -0.05) is 11.8 Å². The molecule has 2 heterocycles. The van der Waals surface area contributed by atoms with Gasteiger partial charge in [-0.05, 0) is 85.6 Å². The van der Waals surface area contributed by atoms with Crippen LogP contribution >= 0.6 is 70.5 Å². The number of esters is 2. The van der Waals surface area contributed by atoms with Crippen LogP contribution in [-0.2, 0) is 9.47 Å². The molecule has 4 rings (SSSR count). The average molecular weight is 651 g/mol. The molecular formula is C22H19Br3O4S2. The minimum Gasteiger partial charge on any atom is -0.465 e. The van der Waals surface area contributed by atoms with Crippen molar-refractivity contribution in [1.82, 2.24) is 0 Å². The van der Waals surface area contributed by atoms with Crippen LogP contribution in [0.5, 0.6) is 0 Å². The molecule has 0 bridgehead atoms. The van der Waals surface area contributed by atoms with E-state index in [2.05, 4.69) is 75.0 Å². The summed E-state index contributed by atoms with van der Waals surface area (Å²) < 4.78 is 11.6. The number of hydrogen-bond acceptors (Lipinski definition) is 6. The quantitative estimate of drug-likeness (QED) is 0.256. The van der Waals surface area contributed by atoms with Gasteiger partial charge in [0.15, 0.2) is 0 Å². The van der Waals surface area contributed by atoms with E-state index in [9.17, 15) is 9.59 Å². The van der Waals surface area contributed by atoms with Crippen molar-refractivity contribution in [3.8, 4) is 24.2 Å². The molecular weight excluding hydrogens is 632 g/mol. The second-order valence-electron chi connectivity index (χ2n) is 6.48. The lowest BCUT2D eigenvalue weighted by Crippen LogP contribution is -1.97. The molecule has 0 radical (unpaired) electrons. The zero-order valence-electron chi connectivity index (χ0n) is 16.8. The van der Waals surface area contributed by atoms with E-state index in [1.165, 1.54) is 62.6 Å². The number of methoxy groups -OCH3 is 2. The standard InChI is InChI=1S/C11H9BrO2S.C6H4Br2O2S.C5H6/c1-14-11(13)10-9(12)6-8(15-10)5-4-7-2-3-7;1-10-6(9)5-3(7)2-4(8)11-5;1-2-5-3-4-5/h6-7H,2-3H2,1H3;2H,1H3;1,5H,3-4H2. The fraction of sp³-hybridized carbons (Fsp3) is 0.364. The lowest BCUT2D eigenvalue weighted by atomic mass is 10.4. The molecule has 0 spiro atoms. The van der Waals surface area contributed by atoms with Gasteiger partial charge in [0.25, 0.3) is 0 Å². The molecule has 0 amide bonds. The van der Waals surface area contributed by atoms with E-state index in [1.807, 2.05) is 12.1 Å². The van der Waals surface area contributed by atoms with E-state index < -0.39 is 0 Å². The van der Waals surface area contributed by atoms with E-state index in [0.717, 1.165) is 17.6 Å². The summed E-state index contributed by atoms with van der Waals surface area (Å²) in [5.74, 6) is 9.49. The number of carbonyl (C=O) groups excluding carboxylic acids is 2. The summed E-state index contributed by atoms with van der Waals surface area (Å²) in [6.07, 6.45) is 9.96. The highest BCUT2D eigenvalue weighted by Gasteiger charge is 2.19. The Kier molecular flexibility index (Phi) is 10.8. The fourth-order valence-electron chi connectivity index (χ4n) is 1.89. The predicted molar refractivity (Wildman–Crippen MR) is 136 cm³/mol. The van der Waals surface area contributed by atoms with Gasteiger partial charge in [0.1, 0.15) is 9.75 Å². The molecule has 31 heavy (non-hydrogen) atoms. The van der Waals surface area contributed by atoms with Gasteiger partial charge in [-0.15, -0.1) is 35.0 Å². The molecule has 0 atom stereocenters. The summed E-state index contributed by atoms with van der Waals surface area (Å²) in [7, 11) is 2.74. The summed E-state index contributed by atoms with van der Waals surface area (Å²) in [6, 6.07) is 3.68. The number of ether oxygens (including phenoxy) is 2. The van der Waals surface area contributed by atoms with E-state index in [4.69, 9.17) is 6.42 Å². The monoisotopic (exact) mass is 648 g/mol. The number of rotatable bonds is 2. The third kappa shape index (κ3) is 9.11. The Labute approximate surface area is 215 Å². The highest BCUT2D eigenvalue weighted by molar-refractivity contribution is 9.11. The first-order valence-electron chi connectivity index (χ1n) is 9.17. The van der Waals surface area contributed by atoms with Gasteiger partial charge < -0.3 is 9.47 Å². The highest BCUT2D eigenvalue weighted by Crippen LogP contribution is 2.32. The van der Waals surface area contributed by atoms with Gasteiger partial charge in [0.05, 0.1) is 22.9 Å². The van der Waals surface area contributed by atoms with Crippen molar-refractivity contribution in [1.29, 1.82) is 0 Å². The molecule has 4 nitrogen and oxygen atoms in total. The summed E-state index contributed by atoms with van der Waals surface area (Å²) in [5, 5.41) is 0. The van der Waals surface area contributed by atoms with Crippen LogP contribution in [0.15, 0.2) is 24.9 Å². The molecule has 2 saturated carbocycles. The minimum atomic E-state index is -0.314. The maximum absolute atomic E-state index is 11.3. The third-order valence-electron chi connectivity index (χ3n) is 3.87. The summed E-state index contributed by atoms with van der Waals surface area (Å²) >= 11 is 12.5. The smallest absolute Gasteiger partial charge is 0.349 e. The molecule has 2 aliphatic carbocycles. The molecule has 9 heteroatoms. The van der Waals surface area contributed by atoms with E-state index >= 15 is 0 Å². The van der Waals surface area contributed by atoms with Crippen molar-refractivity contribution in [2.45, 2.75) is 25.7 Å². The maximum atomic E-state index is 11.3. The van der Waals surface area contributed by atoms with Gasteiger partial charge in [-0.3, -0.25) is 0 Å². The van der Waals surface area contributed by atoms with Crippen molar-refractivity contribution in [2.75, 3.05) is 14.2 Å². The lowest BCUT2D eigenvalue weighted by molar-refractivity contribution is 0.0596. The second kappa shape index (κ2) is 12.8. The number of terminal acetylenes is 1. The summed E-state index contributed by atoms with van der Waals surface area (Å²) in [6.45, 7) is 0. The van der Waals surface area contributed by atoms with Gasteiger partial charge in [-0.25, -0.2) is 9.59 Å². The second-order valence-corrected chi connectivity index (χ2v) is 11.7. The Bertz CT molecular complexity index is 1030.